The van der Waals surface area contributed by atoms with E-state index >= 15 is 0 Å². The Hall–Kier alpha value is -1.76. The molecule has 0 unspecified atom stereocenters. The van der Waals surface area contributed by atoms with Gasteiger partial charge < -0.3 is 4.74 Å². The third-order valence-electron chi connectivity index (χ3n) is 3.78. The predicted molar refractivity (Wildman–Crippen MR) is 85.8 cm³/mol. The first-order valence-electron chi connectivity index (χ1n) is 7.45. The van der Waals surface area contributed by atoms with E-state index in [-0.39, 0.29) is 0 Å². The first-order chi connectivity index (χ1) is 9.61. The molecule has 0 atom stereocenters. The van der Waals surface area contributed by atoms with Gasteiger partial charge in [-0.05, 0) is 68.0 Å². The number of aryl methyl sites for hydroxylation is 4. The summed E-state index contributed by atoms with van der Waals surface area (Å²) in [5, 5.41) is 0. The van der Waals surface area contributed by atoms with E-state index in [1.165, 1.54) is 35.1 Å². The summed E-state index contributed by atoms with van der Waals surface area (Å²) in [5.74, 6) is 1.96. The van der Waals surface area contributed by atoms with E-state index in [4.69, 9.17) is 4.74 Å². The molecule has 0 amide bonds. The van der Waals surface area contributed by atoms with Crippen LogP contribution in [-0.2, 0) is 6.42 Å². The average molecular weight is 268 g/mol. The molecule has 20 heavy (non-hydrogen) atoms. The average Bonchev–Trinajstić information content (AvgIpc) is 2.44. The van der Waals surface area contributed by atoms with Gasteiger partial charge in [-0.3, -0.25) is 0 Å². The van der Waals surface area contributed by atoms with Crippen molar-refractivity contribution in [1.29, 1.82) is 0 Å². The molecule has 2 aromatic rings. The Morgan fingerprint density at radius 3 is 2.30 bits per heavy atom. The molecule has 2 aromatic carbocycles. The first kappa shape index (κ1) is 14.6. The number of benzene rings is 2. The molecule has 1 heteroatoms. The minimum absolute atomic E-state index is 0.969. The van der Waals surface area contributed by atoms with Gasteiger partial charge in [0.1, 0.15) is 11.5 Å². The van der Waals surface area contributed by atoms with Gasteiger partial charge in [-0.1, -0.05) is 37.6 Å². The van der Waals surface area contributed by atoms with E-state index in [9.17, 15) is 0 Å². The van der Waals surface area contributed by atoms with Crippen LogP contribution in [0.4, 0.5) is 0 Å². The molecular weight excluding hydrogens is 244 g/mol. The normalized spacial score (nSPS) is 10.6. The summed E-state index contributed by atoms with van der Waals surface area (Å²) in [5.41, 5.74) is 5.08. The molecule has 0 heterocycles. The highest BCUT2D eigenvalue weighted by molar-refractivity contribution is 5.45. The number of para-hydroxylation sites is 1. The molecule has 0 N–H and O–H groups in total. The Bertz CT molecular complexity index is 584. The van der Waals surface area contributed by atoms with Gasteiger partial charge >= 0.3 is 0 Å². The van der Waals surface area contributed by atoms with Gasteiger partial charge in [-0.15, -0.1) is 0 Å². The Kier molecular flexibility index (Phi) is 4.84. The molecule has 0 saturated carbocycles. The molecule has 0 aliphatic carbocycles. The highest BCUT2D eigenvalue weighted by atomic mass is 16.5. The van der Waals surface area contributed by atoms with Crippen LogP contribution in [0, 0.1) is 20.8 Å². The van der Waals surface area contributed by atoms with Crippen LogP contribution < -0.4 is 4.74 Å². The second-order valence-electron chi connectivity index (χ2n) is 5.52. The maximum Gasteiger partial charge on any atom is 0.130 e. The van der Waals surface area contributed by atoms with Gasteiger partial charge in [0.15, 0.2) is 0 Å². The molecule has 0 spiro atoms. The monoisotopic (exact) mass is 268 g/mol. The minimum Gasteiger partial charge on any atom is -0.457 e. The third kappa shape index (κ3) is 3.41. The van der Waals surface area contributed by atoms with Crippen LogP contribution in [-0.4, -0.2) is 0 Å². The molecule has 0 aliphatic rings. The van der Waals surface area contributed by atoms with E-state index < -0.39 is 0 Å². The highest BCUT2D eigenvalue weighted by Crippen LogP contribution is 2.30. The van der Waals surface area contributed by atoms with Gasteiger partial charge in [-0.25, -0.2) is 0 Å². The highest BCUT2D eigenvalue weighted by Gasteiger charge is 2.07. The second-order valence-corrected chi connectivity index (χ2v) is 5.52. The maximum absolute atomic E-state index is 6.17. The number of unbranched alkanes of at least 4 members (excludes halogenated alkanes) is 1. The lowest BCUT2D eigenvalue weighted by atomic mass is 10.1. The Balaban J connectivity index is 2.28. The number of ether oxygens (including phenoxy) is 1. The van der Waals surface area contributed by atoms with Crippen molar-refractivity contribution >= 4 is 0 Å². The molecule has 0 saturated heterocycles. The quantitative estimate of drug-likeness (QED) is 0.671. The fourth-order valence-electron chi connectivity index (χ4n) is 2.34. The largest absolute Gasteiger partial charge is 0.457 e. The van der Waals surface area contributed by atoms with Gasteiger partial charge in [0, 0.05) is 0 Å². The van der Waals surface area contributed by atoms with Crippen LogP contribution in [0.1, 0.15) is 42.0 Å². The van der Waals surface area contributed by atoms with E-state index in [0.29, 0.717) is 0 Å². The van der Waals surface area contributed by atoms with Crippen LogP contribution >= 0.6 is 0 Å². The number of hydrogen-bond acceptors (Lipinski definition) is 1. The van der Waals surface area contributed by atoms with Crippen molar-refractivity contribution in [3.8, 4) is 11.5 Å². The van der Waals surface area contributed by atoms with Crippen molar-refractivity contribution in [2.75, 3.05) is 0 Å². The van der Waals surface area contributed by atoms with Crippen molar-refractivity contribution in [2.45, 2.75) is 47.0 Å². The Labute approximate surface area is 122 Å². The third-order valence-corrected chi connectivity index (χ3v) is 3.78. The molecule has 0 aliphatic heterocycles. The predicted octanol–water partition coefficient (Wildman–Crippen LogP) is 5.75. The Morgan fingerprint density at radius 2 is 1.55 bits per heavy atom. The molecule has 2 rings (SSSR count). The van der Waals surface area contributed by atoms with Gasteiger partial charge in [-0.2, -0.15) is 0 Å². The van der Waals surface area contributed by atoms with Crippen LogP contribution in [0.2, 0.25) is 0 Å². The topological polar surface area (TPSA) is 9.23 Å². The van der Waals surface area contributed by atoms with Crippen LogP contribution in [0.25, 0.3) is 0 Å². The summed E-state index contributed by atoms with van der Waals surface area (Å²) in [6, 6.07) is 12.7. The van der Waals surface area contributed by atoms with Gasteiger partial charge in [0.05, 0.1) is 0 Å². The van der Waals surface area contributed by atoms with E-state index in [1.807, 2.05) is 6.07 Å². The fourth-order valence-corrected chi connectivity index (χ4v) is 2.34. The van der Waals surface area contributed by atoms with E-state index in [0.717, 1.165) is 17.9 Å². The van der Waals surface area contributed by atoms with Crippen molar-refractivity contribution in [3.05, 3.63) is 58.7 Å². The maximum atomic E-state index is 6.17. The van der Waals surface area contributed by atoms with Crippen LogP contribution in [0.5, 0.6) is 11.5 Å². The SMILES string of the molecule is CCCCc1ccccc1Oc1cc(C)c(C)cc1C. The zero-order valence-corrected chi connectivity index (χ0v) is 13.0. The zero-order valence-electron chi connectivity index (χ0n) is 13.0. The molecule has 0 aromatic heterocycles. The summed E-state index contributed by atoms with van der Waals surface area (Å²) >= 11 is 0. The molecule has 1 nitrogen and oxygen atoms in total. The smallest absolute Gasteiger partial charge is 0.130 e. The van der Waals surface area contributed by atoms with Crippen molar-refractivity contribution in [2.24, 2.45) is 0 Å². The second kappa shape index (κ2) is 6.60. The minimum atomic E-state index is 0.969. The number of hydrogen-bond donors (Lipinski definition) is 0. The first-order valence-corrected chi connectivity index (χ1v) is 7.45. The summed E-state index contributed by atoms with van der Waals surface area (Å²) in [6.45, 7) is 8.60. The van der Waals surface area contributed by atoms with Gasteiger partial charge in [0.2, 0.25) is 0 Å². The lowest BCUT2D eigenvalue weighted by Crippen LogP contribution is -1.95. The van der Waals surface area contributed by atoms with Crippen LogP contribution in [0.15, 0.2) is 36.4 Å². The van der Waals surface area contributed by atoms with Crippen molar-refractivity contribution in [3.63, 3.8) is 0 Å². The number of rotatable bonds is 5. The molecule has 0 fully saturated rings. The van der Waals surface area contributed by atoms with Gasteiger partial charge in [0.25, 0.3) is 0 Å². The molecule has 0 bridgehead atoms. The lowest BCUT2D eigenvalue weighted by Gasteiger charge is -2.14. The molecule has 0 radical (unpaired) electrons. The molecule has 106 valence electrons. The van der Waals surface area contributed by atoms with Crippen molar-refractivity contribution in [1.82, 2.24) is 0 Å². The summed E-state index contributed by atoms with van der Waals surface area (Å²) < 4.78 is 6.17. The summed E-state index contributed by atoms with van der Waals surface area (Å²) in [7, 11) is 0. The standard InChI is InChI=1S/C19H24O/c1-5-6-9-17-10-7-8-11-18(17)20-19-13-15(3)14(2)12-16(19)4/h7-8,10-13H,5-6,9H2,1-4H3. The summed E-state index contributed by atoms with van der Waals surface area (Å²) in [4.78, 5) is 0. The fraction of sp³-hybridized carbons (Fsp3) is 0.368. The van der Waals surface area contributed by atoms with E-state index in [2.05, 4.69) is 58.0 Å². The van der Waals surface area contributed by atoms with Crippen LogP contribution in [0.3, 0.4) is 0 Å². The Morgan fingerprint density at radius 1 is 0.850 bits per heavy atom. The molecular formula is C19H24O. The zero-order chi connectivity index (χ0) is 14.5. The van der Waals surface area contributed by atoms with Crippen molar-refractivity contribution < 1.29 is 4.74 Å². The van der Waals surface area contributed by atoms with E-state index in [1.54, 1.807) is 0 Å². The summed E-state index contributed by atoms with van der Waals surface area (Å²) in [6.07, 6.45) is 3.49. The lowest BCUT2D eigenvalue weighted by molar-refractivity contribution is 0.471.